The largest absolute Gasteiger partial charge is 0.480 e. The number of hydrogen-bond donors (Lipinski definition) is 2. The highest BCUT2D eigenvalue weighted by Gasteiger charge is 2.15. The molecule has 1 rings (SSSR count). The van der Waals surface area contributed by atoms with Gasteiger partial charge in [-0.2, -0.15) is 0 Å². The highest BCUT2D eigenvalue weighted by molar-refractivity contribution is 5.78. The number of carboxylic acids is 1. The van der Waals surface area contributed by atoms with E-state index in [0.29, 0.717) is 0 Å². The van der Waals surface area contributed by atoms with Crippen LogP contribution in [0.2, 0.25) is 0 Å². The summed E-state index contributed by atoms with van der Waals surface area (Å²) in [7, 11) is 0. The molecule has 1 aliphatic rings. The van der Waals surface area contributed by atoms with Gasteiger partial charge in [-0.3, -0.25) is 4.79 Å². The third-order valence-corrected chi connectivity index (χ3v) is 2.60. The second kappa shape index (κ2) is 7.24. The molecule has 6 heteroatoms. The van der Waals surface area contributed by atoms with Crippen molar-refractivity contribution in [2.45, 2.75) is 25.8 Å². The number of carbonyl (C=O) groups excluding carboxylic acids is 1. The van der Waals surface area contributed by atoms with Gasteiger partial charge in [0.15, 0.2) is 0 Å². The predicted molar refractivity (Wildman–Crippen MR) is 61.7 cm³/mol. The number of nitrogens with one attached hydrogen (secondary N) is 1. The topological polar surface area (TPSA) is 78.9 Å². The number of carbonyl (C=O) groups is 2. The average molecular weight is 244 g/mol. The van der Waals surface area contributed by atoms with Crippen molar-refractivity contribution in [3.63, 3.8) is 0 Å². The Hall–Kier alpha value is -1.14. The lowest BCUT2D eigenvalue weighted by Gasteiger charge is -2.21. The average Bonchev–Trinajstić information content (AvgIpc) is 2.69. The van der Waals surface area contributed by atoms with Crippen LogP contribution in [0.1, 0.15) is 19.8 Å². The van der Waals surface area contributed by atoms with Gasteiger partial charge in [-0.1, -0.05) is 0 Å². The highest BCUT2D eigenvalue weighted by atomic mass is 16.5. The fourth-order valence-corrected chi connectivity index (χ4v) is 1.95. The van der Waals surface area contributed by atoms with E-state index in [0.717, 1.165) is 19.6 Å². The van der Waals surface area contributed by atoms with E-state index < -0.39 is 12.6 Å². The van der Waals surface area contributed by atoms with E-state index in [-0.39, 0.29) is 18.6 Å². The summed E-state index contributed by atoms with van der Waals surface area (Å²) >= 11 is 0. The quantitative estimate of drug-likeness (QED) is 0.642. The van der Waals surface area contributed by atoms with Gasteiger partial charge in [0.2, 0.25) is 5.91 Å². The van der Waals surface area contributed by atoms with Crippen molar-refractivity contribution in [3.05, 3.63) is 0 Å². The summed E-state index contributed by atoms with van der Waals surface area (Å²) in [5.41, 5.74) is 0. The number of carboxylic acid groups (broad SMARTS) is 1. The van der Waals surface area contributed by atoms with Crippen LogP contribution in [0.3, 0.4) is 0 Å². The van der Waals surface area contributed by atoms with E-state index in [1.54, 1.807) is 0 Å². The van der Waals surface area contributed by atoms with Gasteiger partial charge in [-0.15, -0.1) is 0 Å². The minimum absolute atomic E-state index is 0.0639. The van der Waals surface area contributed by atoms with Crippen LogP contribution in [0.25, 0.3) is 0 Å². The number of nitrogens with zero attached hydrogens (tertiary/aromatic N) is 1. The Morgan fingerprint density at radius 2 is 2.00 bits per heavy atom. The summed E-state index contributed by atoms with van der Waals surface area (Å²) < 4.78 is 4.70. The third kappa shape index (κ3) is 6.23. The minimum atomic E-state index is -1.07. The van der Waals surface area contributed by atoms with Crippen molar-refractivity contribution < 1.29 is 19.4 Å². The van der Waals surface area contributed by atoms with E-state index in [2.05, 4.69) is 10.2 Å². The zero-order valence-electron chi connectivity index (χ0n) is 10.1. The number of amides is 1. The molecular weight excluding hydrogens is 224 g/mol. The van der Waals surface area contributed by atoms with Gasteiger partial charge < -0.3 is 20.1 Å². The molecule has 0 spiro atoms. The maximum absolute atomic E-state index is 11.4. The molecule has 1 saturated heterocycles. The molecule has 0 saturated carbocycles. The molecule has 0 aliphatic carbocycles. The number of hydrogen-bond acceptors (Lipinski definition) is 4. The minimum Gasteiger partial charge on any atom is -0.480 e. The molecule has 2 N–H and O–H groups in total. The van der Waals surface area contributed by atoms with Gasteiger partial charge in [0.1, 0.15) is 13.2 Å². The summed E-state index contributed by atoms with van der Waals surface area (Å²) in [5, 5.41) is 11.1. The Morgan fingerprint density at radius 1 is 1.35 bits per heavy atom. The van der Waals surface area contributed by atoms with E-state index in [1.807, 2.05) is 6.92 Å². The summed E-state index contributed by atoms with van der Waals surface area (Å²) in [4.78, 5) is 23.8. The van der Waals surface area contributed by atoms with Gasteiger partial charge in [-0.25, -0.2) is 4.79 Å². The maximum Gasteiger partial charge on any atom is 0.329 e. The smallest absolute Gasteiger partial charge is 0.329 e. The standard InChI is InChI=1S/C11H20N2O4/c1-9(6-13-4-2-3-5-13)12-10(14)7-17-8-11(15)16/h9H,2-8H2,1H3,(H,12,14)(H,15,16). The van der Waals surface area contributed by atoms with E-state index in [4.69, 9.17) is 9.84 Å². The Labute approximate surface area is 101 Å². The van der Waals surface area contributed by atoms with Gasteiger partial charge in [0, 0.05) is 12.6 Å². The lowest BCUT2D eigenvalue weighted by Crippen LogP contribution is -2.42. The fourth-order valence-electron chi connectivity index (χ4n) is 1.95. The summed E-state index contributed by atoms with van der Waals surface area (Å²) in [6, 6.07) is 0.0639. The van der Waals surface area contributed by atoms with Crippen LogP contribution in [0, 0.1) is 0 Å². The molecule has 0 aromatic rings. The molecular formula is C11H20N2O4. The van der Waals surface area contributed by atoms with Crippen molar-refractivity contribution in [1.82, 2.24) is 10.2 Å². The van der Waals surface area contributed by atoms with Crippen LogP contribution < -0.4 is 5.32 Å². The Bertz CT molecular complexity index is 264. The first-order valence-corrected chi connectivity index (χ1v) is 5.89. The maximum atomic E-state index is 11.4. The molecule has 1 heterocycles. The number of aliphatic carboxylic acids is 1. The Balaban J connectivity index is 2.09. The summed E-state index contributed by atoms with van der Waals surface area (Å²) in [6.07, 6.45) is 2.45. The van der Waals surface area contributed by atoms with Crippen LogP contribution in [-0.2, 0) is 14.3 Å². The van der Waals surface area contributed by atoms with Crippen LogP contribution >= 0.6 is 0 Å². The molecule has 98 valence electrons. The van der Waals surface area contributed by atoms with E-state index in [9.17, 15) is 9.59 Å². The second-order valence-corrected chi connectivity index (χ2v) is 4.36. The van der Waals surface area contributed by atoms with Gasteiger partial charge >= 0.3 is 5.97 Å². The van der Waals surface area contributed by atoms with Crippen molar-refractivity contribution in [1.29, 1.82) is 0 Å². The first kappa shape index (κ1) is 13.9. The molecule has 0 aromatic carbocycles. The molecule has 1 fully saturated rings. The number of ether oxygens (including phenoxy) is 1. The van der Waals surface area contributed by atoms with Crippen LogP contribution in [0.4, 0.5) is 0 Å². The normalized spacial score (nSPS) is 17.9. The van der Waals surface area contributed by atoms with E-state index >= 15 is 0 Å². The zero-order chi connectivity index (χ0) is 12.7. The molecule has 1 unspecified atom stereocenters. The molecule has 1 atom stereocenters. The van der Waals surface area contributed by atoms with Crippen LogP contribution in [0.15, 0.2) is 0 Å². The van der Waals surface area contributed by atoms with Crippen molar-refractivity contribution in [3.8, 4) is 0 Å². The lowest BCUT2D eigenvalue weighted by atomic mass is 10.3. The predicted octanol–water partition coefficient (Wildman–Crippen LogP) is -0.312. The molecule has 0 aromatic heterocycles. The first-order valence-electron chi connectivity index (χ1n) is 5.89. The van der Waals surface area contributed by atoms with Gasteiger partial charge in [0.25, 0.3) is 0 Å². The first-order chi connectivity index (χ1) is 8.08. The van der Waals surface area contributed by atoms with Crippen molar-refractivity contribution >= 4 is 11.9 Å². The Kier molecular flexibility index (Phi) is 5.93. The van der Waals surface area contributed by atoms with Gasteiger partial charge in [-0.05, 0) is 32.9 Å². The molecule has 1 aliphatic heterocycles. The molecule has 17 heavy (non-hydrogen) atoms. The van der Waals surface area contributed by atoms with Gasteiger partial charge in [0.05, 0.1) is 0 Å². The fraction of sp³-hybridized carbons (Fsp3) is 0.818. The monoisotopic (exact) mass is 244 g/mol. The number of rotatable bonds is 7. The van der Waals surface area contributed by atoms with E-state index in [1.165, 1.54) is 12.8 Å². The SMILES string of the molecule is CC(CN1CCCC1)NC(=O)COCC(=O)O. The zero-order valence-corrected chi connectivity index (χ0v) is 10.1. The lowest BCUT2D eigenvalue weighted by molar-refractivity contribution is -0.143. The second-order valence-electron chi connectivity index (χ2n) is 4.36. The molecule has 0 bridgehead atoms. The molecule has 6 nitrogen and oxygen atoms in total. The van der Waals surface area contributed by atoms with Crippen LogP contribution in [0.5, 0.6) is 0 Å². The highest BCUT2D eigenvalue weighted by Crippen LogP contribution is 2.07. The molecule has 1 amide bonds. The summed E-state index contributed by atoms with van der Waals surface area (Å²) in [6.45, 7) is 4.33. The van der Waals surface area contributed by atoms with Crippen LogP contribution in [-0.4, -0.2) is 60.8 Å². The number of likely N-dealkylation sites (tertiary alicyclic amines) is 1. The van der Waals surface area contributed by atoms with Crippen molar-refractivity contribution in [2.75, 3.05) is 32.8 Å². The Morgan fingerprint density at radius 3 is 2.59 bits per heavy atom. The summed E-state index contributed by atoms with van der Waals surface area (Å²) in [5.74, 6) is -1.33. The molecule has 0 radical (unpaired) electrons. The van der Waals surface area contributed by atoms with Crippen molar-refractivity contribution in [2.24, 2.45) is 0 Å². The third-order valence-electron chi connectivity index (χ3n) is 2.60.